The average Bonchev–Trinajstić information content (AvgIpc) is 3.44. The van der Waals surface area contributed by atoms with Gasteiger partial charge < -0.3 is 10.2 Å². The number of rotatable bonds is 6. The zero-order chi connectivity index (χ0) is 26.9. The number of nitrogens with one attached hydrogen (secondary N) is 2. The smallest absolute Gasteiger partial charge is 0.260 e. The number of hydrogen-bond donors (Lipinski definition) is 2. The van der Waals surface area contributed by atoms with Gasteiger partial charge in [0, 0.05) is 17.7 Å². The van der Waals surface area contributed by atoms with Crippen LogP contribution in [0.5, 0.6) is 0 Å². The Bertz CT molecular complexity index is 1170. The van der Waals surface area contributed by atoms with Crippen LogP contribution in [0, 0.1) is 5.92 Å². The maximum absolute atomic E-state index is 13.7. The second-order valence-corrected chi connectivity index (χ2v) is 11.3. The molecule has 2 fully saturated rings. The highest BCUT2D eigenvalue weighted by molar-refractivity contribution is 6.03. The molecule has 0 aromatic heterocycles. The standard InChI is InChI=1S/C29H36N4O4/c1-18(2)15-22(31-26(35)19-11-13-21(14-12-19)29(3,4)5)28(37)33-25-23(16-30-33)32(17-24(25)34)27(36)20-9-7-6-8-10-20/h6-14,18,22-23,25,30H,15-17H2,1-5H3,(H,31,35)/t22-,23+,25-/m0/s1. The Balaban J connectivity index is 1.50. The number of nitrogens with zero attached hydrogens (tertiary/aromatic N) is 2. The average molecular weight is 505 g/mol. The van der Waals surface area contributed by atoms with Crippen molar-refractivity contribution in [1.29, 1.82) is 0 Å². The molecule has 37 heavy (non-hydrogen) atoms. The molecule has 0 spiro atoms. The Labute approximate surface area is 218 Å². The lowest BCUT2D eigenvalue weighted by atomic mass is 9.86. The third-order valence-corrected chi connectivity index (χ3v) is 7.01. The molecule has 8 nitrogen and oxygen atoms in total. The van der Waals surface area contributed by atoms with Gasteiger partial charge in [0.15, 0.2) is 5.78 Å². The first-order valence-corrected chi connectivity index (χ1v) is 12.8. The Morgan fingerprint density at radius 3 is 2.24 bits per heavy atom. The minimum atomic E-state index is -0.812. The quantitative estimate of drug-likeness (QED) is 0.630. The summed E-state index contributed by atoms with van der Waals surface area (Å²) in [5.41, 5.74) is 5.08. The molecular formula is C29H36N4O4. The number of fused-ring (bicyclic) bond motifs is 1. The molecule has 3 amide bonds. The highest BCUT2D eigenvalue weighted by atomic mass is 16.2. The zero-order valence-corrected chi connectivity index (χ0v) is 22.2. The molecule has 0 unspecified atom stereocenters. The molecule has 0 radical (unpaired) electrons. The first-order chi connectivity index (χ1) is 17.5. The van der Waals surface area contributed by atoms with E-state index < -0.39 is 18.1 Å². The van der Waals surface area contributed by atoms with Gasteiger partial charge in [0.25, 0.3) is 17.7 Å². The van der Waals surface area contributed by atoms with Crippen molar-refractivity contribution in [3.63, 3.8) is 0 Å². The summed E-state index contributed by atoms with van der Waals surface area (Å²) < 4.78 is 0. The number of carbonyl (C=O) groups is 4. The van der Waals surface area contributed by atoms with Gasteiger partial charge >= 0.3 is 0 Å². The van der Waals surface area contributed by atoms with Crippen molar-refractivity contribution in [2.75, 3.05) is 13.1 Å². The third-order valence-electron chi connectivity index (χ3n) is 7.01. The summed E-state index contributed by atoms with van der Waals surface area (Å²) >= 11 is 0. The molecular weight excluding hydrogens is 468 g/mol. The van der Waals surface area contributed by atoms with Crippen molar-refractivity contribution in [3.8, 4) is 0 Å². The fourth-order valence-electron chi connectivity index (χ4n) is 5.00. The van der Waals surface area contributed by atoms with Crippen molar-refractivity contribution >= 4 is 23.5 Å². The largest absolute Gasteiger partial charge is 0.340 e. The summed E-state index contributed by atoms with van der Waals surface area (Å²) in [6, 6.07) is 14.2. The van der Waals surface area contributed by atoms with Crippen LogP contribution in [0.2, 0.25) is 0 Å². The number of benzene rings is 2. The summed E-state index contributed by atoms with van der Waals surface area (Å²) in [7, 11) is 0. The van der Waals surface area contributed by atoms with Crippen molar-refractivity contribution in [2.45, 2.75) is 64.6 Å². The number of amides is 3. The molecule has 2 aromatic rings. The van der Waals surface area contributed by atoms with E-state index in [1.807, 2.05) is 32.0 Å². The van der Waals surface area contributed by atoms with E-state index in [0.717, 1.165) is 5.56 Å². The van der Waals surface area contributed by atoms with E-state index in [1.54, 1.807) is 36.4 Å². The van der Waals surface area contributed by atoms with Gasteiger partial charge in [-0.15, -0.1) is 0 Å². The molecule has 2 saturated heterocycles. The third kappa shape index (κ3) is 5.59. The maximum Gasteiger partial charge on any atom is 0.260 e. The lowest BCUT2D eigenvalue weighted by molar-refractivity contribution is -0.141. The van der Waals surface area contributed by atoms with Gasteiger partial charge in [0.05, 0.1) is 12.6 Å². The molecule has 0 bridgehead atoms. The SMILES string of the molecule is CC(C)C[C@H](NC(=O)c1ccc(C(C)(C)C)cc1)C(=O)N1NC[C@@H]2[C@H]1C(=O)CN2C(=O)c1ccccc1. The fraction of sp³-hybridized carbons (Fsp3) is 0.448. The topological polar surface area (TPSA) is 98.8 Å². The fourth-order valence-corrected chi connectivity index (χ4v) is 5.00. The van der Waals surface area contributed by atoms with E-state index >= 15 is 0 Å². The molecule has 2 aliphatic heterocycles. The highest BCUT2D eigenvalue weighted by Gasteiger charge is 2.52. The summed E-state index contributed by atoms with van der Waals surface area (Å²) in [5.74, 6) is -1.01. The molecule has 0 aliphatic carbocycles. The summed E-state index contributed by atoms with van der Waals surface area (Å²) in [6.07, 6.45) is 0.418. The summed E-state index contributed by atoms with van der Waals surface area (Å²) in [4.78, 5) is 54.4. The Morgan fingerprint density at radius 1 is 1.00 bits per heavy atom. The second-order valence-electron chi connectivity index (χ2n) is 11.3. The number of hydrazine groups is 1. The lowest BCUT2D eigenvalue weighted by Gasteiger charge is -2.28. The second kappa shape index (κ2) is 10.5. The monoisotopic (exact) mass is 504 g/mol. The van der Waals surface area contributed by atoms with Crippen LogP contribution in [0.25, 0.3) is 0 Å². The van der Waals surface area contributed by atoms with E-state index in [-0.39, 0.29) is 47.9 Å². The highest BCUT2D eigenvalue weighted by Crippen LogP contribution is 2.27. The van der Waals surface area contributed by atoms with Crippen LogP contribution in [0.15, 0.2) is 54.6 Å². The first-order valence-electron chi connectivity index (χ1n) is 12.8. The molecule has 2 heterocycles. The number of ketones is 1. The maximum atomic E-state index is 13.7. The molecule has 8 heteroatoms. The molecule has 0 saturated carbocycles. The van der Waals surface area contributed by atoms with Crippen LogP contribution in [-0.4, -0.2) is 64.6 Å². The van der Waals surface area contributed by atoms with E-state index in [0.29, 0.717) is 17.5 Å². The van der Waals surface area contributed by atoms with Gasteiger partial charge in [-0.1, -0.05) is 65.0 Å². The predicted molar refractivity (Wildman–Crippen MR) is 141 cm³/mol. The lowest BCUT2D eigenvalue weighted by Crippen LogP contribution is -2.55. The molecule has 3 atom stereocenters. The van der Waals surface area contributed by atoms with Crippen LogP contribution in [0.3, 0.4) is 0 Å². The minimum Gasteiger partial charge on any atom is -0.340 e. The Morgan fingerprint density at radius 2 is 1.65 bits per heavy atom. The zero-order valence-electron chi connectivity index (χ0n) is 22.2. The van der Waals surface area contributed by atoms with E-state index in [4.69, 9.17) is 0 Å². The van der Waals surface area contributed by atoms with E-state index in [1.165, 1.54) is 9.91 Å². The molecule has 196 valence electrons. The van der Waals surface area contributed by atoms with Gasteiger partial charge in [-0.05, 0) is 47.6 Å². The van der Waals surface area contributed by atoms with Crippen molar-refractivity contribution in [2.24, 2.45) is 5.92 Å². The normalized spacial score (nSPS) is 20.2. The van der Waals surface area contributed by atoms with Gasteiger partial charge in [-0.25, -0.2) is 5.43 Å². The first kappa shape index (κ1) is 26.5. The van der Waals surface area contributed by atoms with Crippen LogP contribution >= 0.6 is 0 Å². The molecule has 2 aromatic carbocycles. The number of hydrogen-bond acceptors (Lipinski definition) is 5. The summed E-state index contributed by atoms with van der Waals surface area (Å²) in [5, 5.41) is 4.23. The van der Waals surface area contributed by atoms with Gasteiger partial charge in [0.2, 0.25) is 0 Å². The van der Waals surface area contributed by atoms with E-state index in [2.05, 4.69) is 31.5 Å². The van der Waals surface area contributed by atoms with Gasteiger partial charge in [-0.3, -0.25) is 24.2 Å². The number of carbonyl (C=O) groups excluding carboxylic acids is 4. The molecule has 2 aliphatic rings. The molecule has 2 N–H and O–H groups in total. The Hall–Kier alpha value is -3.52. The predicted octanol–water partition coefficient (Wildman–Crippen LogP) is 2.94. The van der Waals surface area contributed by atoms with Crippen molar-refractivity contribution in [1.82, 2.24) is 20.7 Å². The minimum absolute atomic E-state index is 0.0350. The summed E-state index contributed by atoms with van der Waals surface area (Å²) in [6.45, 7) is 10.5. The van der Waals surface area contributed by atoms with Crippen LogP contribution in [0.4, 0.5) is 0 Å². The molecule has 4 rings (SSSR count). The van der Waals surface area contributed by atoms with E-state index in [9.17, 15) is 19.2 Å². The Kier molecular flexibility index (Phi) is 7.50. The van der Waals surface area contributed by atoms with Crippen molar-refractivity contribution < 1.29 is 19.2 Å². The van der Waals surface area contributed by atoms with Gasteiger partial charge in [-0.2, -0.15) is 0 Å². The van der Waals surface area contributed by atoms with Crippen molar-refractivity contribution in [3.05, 3.63) is 71.3 Å². The van der Waals surface area contributed by atoms with Crippen LogP contribution in [0.1, 0.15) is 67.3 Å². The van der Waals surface area contributed by atoms with Crippen LogP contribution < -0.4 is 10.7 Å². The van der Waals surface area contributed by atoms with Crippen LogP contribution in [-0.2, 0) is 15.0 Å². The number of likely N-dealkylation sites (tertiary alicyclic amines) is 1. The number of Topliss-reactive ketones (excluding diaryl/α,β-unsaturated/α-hetero) is 1. The van der Waals surface area contributed by atoms with Gasteiger partial charge in [0.1, 0.15) is 12.1 Å².